The fourth-order valence-corrected chi connectivity index (χ4v) is 2.02. The Hall–Kier alpha value is -0.0800. The van der Waals surface area contributed by atoms with Gasteiger partial charge in [-0.2, -0.15) is 0 Å². The van der Waals surface area contributed by atoms with Crippen LogP contribution in [-0.2, 0) is 4.74 Å². The van der Waals surface area contributed by atoms with Crippen molar-refractivity contribution in [2.75, 3.05) is 13.2 Å². The van der Waals surface area contributed by atoms with Crippen molar-refractivity contribution in [2.24, 2.45) is 11.8 Å². The smallest absolute Gasteiger partial charge is 0.119 e. The third kappa shape index (κ3) is 1.38. The van der Waals surface area contributed by atoms with Gasteiger partial charge in [-0.15, -0.1) is 0 Å². The third-order valence-corrected chi connectivity index (χ3v) is 3.35. The normalized spacial score (nSPS) is 44.0. The van der Waals surface area contributed by atoms with Crippen LogP contribution in [0.25, 0.3) is 0 Å². The van der Waals surface area contributed by atoms with Crippen molar-refractivity contribution in [3.63, 3.8) is 0 Å². The molecule has 1 saturated carbocycles. The second-order valence-electron chi connectivity index (χ2n) is 4.53. The molecule has 70 valence electrons. The number of rotatable bonds is 1. The quantitative estimate of drug-likeness (QED) is 0.646. The van der Waals surface area contributed by atoms with Crippen LogP contribution in [0.15, 0.2) is 0 Å². The molecule has 2 unspecified atom stereocenters. The number of nitrogens with one attached hydrogen (secondary N) is 1. The molecule has 2 aliphatic rings. The molecule has 2 atom stereocenters. The second kappa shape index (κ2) is 3.00. The Labute approximate surface area is 74.7 Å². The first-order chi connectivity index (χ1) is 5.71. The van der Waals surface area contributed by atoms with E-state index in [9.17, 15) is 0 Å². The molecule has 0 amide bonds. The molecule has 2 heteroatoms. The van der Waals surface area contributed by atoms with E-state index in [-0.39, 0.29) is 5.72 Å². The molecule has 2 fully saturated rings. The summed E-state index contributed by atoms with van der Waals surface area (Å²) in [6, 6.07) is 0. The molecule has 0 aromatic rings. The highest BCUT2D eigenvalue weighted by atomic mass is 16.5. The van der Waals surface area contributed by atoms with Crippen LogP contribution in [0.2, 0.25) is 0 Å². The summed E-state index contributed by atoms with van der Waals surface area (Å²) in [4.78, 5) is 0. The van der Waals surface area contributed by atoms with Crippen LogP contribution in [0, 0.1) is 11.8 Å². The van der Waals surface area contributed by atoms with E-state index in [1.807, 2.05) is 0 Å². The Bertz CT molecular complexity index is 157. The van der Waals surface area contributed by atoms with Crippen molar-refractivity contribution >= 4 is 0 Å². The first-order valence-electron chi connectivity index (χ1n) is 5.10. The van der Waals surface area contributed by atoms with Crippen molar-refractivity contribution < 1.29 is 4.74 Å². The third-order valence-electron chi connectivity index (χ3n) is 3.35. The van der Waals surface area contributed by atoms with E-state index < -0.39 is 0 Å². The van der Waals surface area contributed by atoms with Gasteiger partial charge in [0, 0.05) is 12.5 Å². The zero-order valence-corrected chi connectivity index (χ0v) is 8.10. The van der Waals surface area contributed by atoms with Gasteiger partial charge in [0.2, 0.25) is 0 Å². The molecule has 2 rings (SSSR count). The zero-order chi connectivity index (χ0) is 8.60. The standard InChI is InChI=1S/C10H19NO/c1-8-6-11-10(2,12-7-8)9-4-3-5-9/h8-9,11H,3-7H2,1-2H3. The lowest BCUT2D eigenvalue weighted by molar-refractivity contribution is -0.152. The molecule has 0 aromatic heterocycles. The van der Waals surface area contributed by atoms with Crippen molar-refractivity contribution in [1.82, 2.24) is 5.32 Å². The summed E-state index contributed by atoms with van der Waals surface area (Å²) < 4.78 is 5.87. The van der Waals surface area contributed by atoms with E-state index in [0.717, 1.165) is 19.1 Å². The predicted octanol–water partition coefficient (Wildman–Crippen LogP) is 1.76. The Morgan fingerprint density at radius 3 is 2.58 bits per heavy atom. The molecule has 0 spiro atoms. The summed E-state index contributed by atoms with van der Waals surface area (Å²) in [5.41, 5.74) is 0.00472. The van der Waals surface area contributed by atoms with E-state index in [2.05, 4.69) is 19.2 Å². The van der Waals surface area contributed by atoms with Crippen molar-refractivity contribution in [3.05, 3.63) is 0 Å². The molecule has 1 aliphatic carbocycles. The molecule has 0 bridgehead atoms. The van der Waals surface area contributed by atoms with Crippen LogP contribution in [0.4, 0.5) is 0 Å². The van der Waals surface area contributed by atoms with Gasteiger partial charge in [-0.1, -0.05) is 13.3 Å². The second-order valence-corrected chi connectivity index (χ2v) is 4.53. The molecule has 0 radical (unpaired) electrons. The van der Waals surface area contributed by atoms with E-state index in [0.29, 0.717) is 5.92 Å². The largest absolute Gasteiger partial charge is 0.360 e. The van der Waals surface area contributed by atoms with Crippen LogP contribution in [0.5, 0.6) is 0 Å². The maximum Gasteiger partial charge on any atom is 0.119 e. The fraction of sp³-hybridized carbons (Fsp3) is 1.00. The van der Waals surface area contributed by atoms with Gasteiger partial charge in [-0.05, 0) is 25.7 Å². The summed E-state index contributed by atoms with van der Waals surface area (Å²) >= 11 is 0. The summed E-state index contributed by atoms with van der Waals surface area (Å²) in [6.07, 6.45) is 4.08. The van der Waals surface area contributed by atoms with Gasteiger partial charge in [-0.25, -0.2) is 0 Å². The molecule has 1 saturated heterocycles. The number of ether oxygens (including phenoxy) is 1. The van der Waals surface area contributed by atoms with E-state index in [4.69, 9.17) is 4.74 Å². The lowest BCUT2D eigenvalue weighted by Crippen LogP contribution is -2.58. The highest BCUT2D eigenvalue weighted by molar-refractivity contribution is 4.89. The van der Waals surface area contributed by atoms with Gasteiger partial charge in [0.25, 0.3) is 0 Å². The highest BCUT2D eigenvalue weighted by Gasteiger charge is 2.40. The molecule has 1 aliphatic heterocycles. The van der Waals surface area contributed by atoms with Crippen LogP contribution in [0.3, 0.4) is 0 Å². The van der Waals surface area contributed by atoms with Crippen molar-refractivity contribution in [1.29, 1.82) is 0 Å². The molecule has 1 heterocycles. The minimum atomic E-state index is 0.00472. The first kappa shape index (κ1) is 8.52. The van der Waals surface area contributed by atoms with Crippen LogP contribution in [-0.4, -0.2) is 18.9 Å². The molecular weight excluding hydrogens is 150 g/mol. The van der Waals surface area contributed by atoms with Crippen LogP contribution in [0.1, 0.15) is 33.1 Å². The van der Waals surface area contributed by atoms with Gasteiger partial charge in [0.15, 0.2) is 0 Å². The average Bonchev–Trinajstić information content (AvgIpc) is 1.92. The Balaban J connectivity index is 1.92. The Morgan fingerprint density at radius 1 is 1.42 bits per heavy atom. The van der Waals surface area contributed by atoms with Gasteiger partial charge in [0.05, 0.1) is 6.61 Å². The summed E-state index contributed by atoms with van der Waals surface area (Å²) in [7, 11) is 0. The van der Waals surface area contributed by atoms with E-state index >= 15 is 0 Å². The fourth-order valence-electron chi connectivity index (χ4n) is 2.02. The lowest BCUT2D eigenvalue weighted by atomic mass is 9.77. The number of hydrogen-bond acceptors (Lipinski definition) is 2. The van der Waals surface area contributed by atoms with Crippen molar-refractivity contribution in [2.45, 2.75) is 38.8 Å². The first-order valence-corrected chi connectivity index (χ1v) is 5.10. The topological polar surface area (TPSA) is 21.3 Å². The molecular formula is C10H19NO. The zero-order valence-electron chi connectivity index (χ0n) is 8.10. The Morgan fingerprint density at radius 2 is 2.17 bits per heavy atom. The Kier molecular flexibility index (Phi) is 2.13. The molecule has 0 aromatic carbocycles. The SMILES string of the molecule is CC1CNC(C)(C2CCC2)OC1. The molecule has 1 N–H and O–H groups in total. The minimum Gasteiger partial charge on any atom is -0.360 e. The summed E-state index contributed by atoms with van der Waals surface area (Å²) in [5.74, 6) is 1.45. The number of hydrogen-bond donors (Lipinski definition) is 1. The van der Waals surface area contributed by atoms with Gasteiger partial charge >= 0.3 is 0 Å². The summed E-state index contributed by atoms with van der Waals surface area (Å²) in [5, 5.41) is 3.52. The lowest BCUT2D eigenvalue weighted by Gasteiger charge is -2.46. The molecule has 2 nitrogen and oxygen atoms in total. The minimum absolute atomic E-state index is 0.00472. The van der Waals surface area contributed by atoms with Gasteiger partial charge < -0.3 is 4.74 Å². The van der Waals surface area contributed by atoms with Crippen molar-refractivity contribution in [3.8, 4) is 0 Å². The monoisotopic (exact) mass is 169 g/mol. The van der Waals surface area contributed by atoms with Crippen LogP contribution >= 0.6 is 0 Å². The predicted molar refractivity (Wildman–Crippen MR) is 48.9 cm³/mol. The maximum absolute atomic E-state index is 5.87. The van der Waals surface area contributed by atoms with Gasteiger partial charge in [-0.3, -0.25) is 5.32 Å². The van der Waals surface area contributed by atoms with Gasteiger partial charge in [0.1, 0.15) is 5.72 Å². The van der Waals surface area contributed by atoms with Crippen LogP contribution < -0.4 is 5.32 Å². The highest BCUT2D eigenvalue weighted by Crippen LogP contribution is 2.38. The van der Waals surface area contributed by atoms with E-state index in [1.54, 1.807) is 0 Å². The maximum atomic E-state index is 5.87. The molecule has 12 heavy (non-hydrogen) atoms. The van der Waals surface area contributed by atoms with E-state index in [1.165, 1.54) is 19.3 Å². The average molecular weight is 169 g/mol. The summed E-state index contributed by atoms with van der Waals surface area (Å²) in [6.45, 7) is 6.49.